The maximum atomic E-state index is 5.72. The van der Waals surface area contributed by atoms with Crippen LogP contribution in [0.3, 0.4) is 0 Å². The Morgan fingerprint density at radius 1 is 1.33 bits per heavy atom. The van der Waals surface area contributed by atoms with Crippen molar-refractivity contribution in [2.45, 2.75) is 19.1 Å². The van der Waals surface area contributed by atoms with Crippen molar-refractivity contribution in [2.75, 3.05) is 20.3 Å². The molecule has 1 fully saturated rings. The lowest BCUT2D eigenvalue weighted by atomic mass is 10.1. The Morgan fingerprint density at radius 2 is 2.07 bits per heavy atom. The second-order valence-corrected chi connectivity index (χ2v) is 3.81. The molecule has 2 atom stereocenters. The molecule has 1 radical (unpaired) electrons. The molecule has 1 heterocycles. The molecule has 0 aliphatic carbocycles. The van der Waals surface area contributed by atoms with E-state index in [4.69, 9.17) is 9.47 Å². The fraction of sp³-hybridized carbons (Fsp3) is 0.500. The number of hydrogen-bond donors (Lipinski definition) is 0. The number of ether oxygens (including phenoxy) is 2. The molecule has 0 spiro atoms. The molecule has 0 amide bonds. The van der Waals surface area contributed by atoms with Crippen LogP contribution >= 0.6 is 0 Å². The van der Waals surface area contributed by atoms with E-state index in [1.165, 1.54) is 5.56 Å². The molecule has 1 aromatic carbocycles. The highest BCUT2D eigenvalue weighted by molar-refractivity contribution is 5.28. The van der Waals surface area contributed by atoms with E-state index in [0.717, 1.165) is 18.9 Å². The van der Waals surface area contributed by atoms with Gasteiger partial charge in [0.2, 0.25) is 0 Å². The maximum absolute atomic E-state index is 5.72. The standard InChI is InChI=1S/C12H16NO2/c1-9-8-15-12(7-13-9)10-3-5-11(14-2)6-4-10/h3-6,9,12H,7-8H2,1-2H3. The van der Waals surface area contributed by atoms with Crippen LogP contribution in [0.1, 0.15) is 18.6 Å². The zero-order valence-corrected chi connectivity index (χ0v) is 9.14. The minimum atomic E-state index is 0.118. The summed E-state index contributed by atoms with van der Waals surface area (Å²) in [6.07, 6.45) is 0.118. The van der Waals surface area contributed by atoms with Gasteiger partial charge in [0.1, 0.15) is 5.75 Å². The Kier molecular flexibility index (Phi) is 3.23. The molecule has 1 saturated heterocycles. The largest absolute Gasteiger partial charge is 0.497 e. The van der Waals surface area contributed by atoms with E-state index in [9.17, 15) is 0 Å². The third-order valence-corrected chi connectivity index (χ3v) is 2.61. The first-order valence-corrected chi connectivity index (χ1v) is 5.22. The van der Waals surface area contributed by atoms with Crippen molar-refractivity contribution >= 4 is 0 Å². The topological polar surface area (TPSA) is 32.6 Å². The number of morpholine rings is 1. The molecule has 1 aliphatic rings. The van der Waals surface area contributed by atoms with E-state index in [0.29, 0.717) is 6.04 Å². The predicted octanol–water partition coefficient (Wildman–Crippen LogP) is 1.76. The van der Waals surface area contributed by atoms with Crippen molar-refractivity contribution in [3.63, 3.8) is 0 Å². The van der Waals surface area contributed by atoms with Crippen molar-refractivity contribution in [1.29, 1.82) is 0 Å². The summed E-state index contributed by atoms with van der Waals surface area (Å²) in [5, 5.41) is 4.47. The number of methoxy groups -OCH3 is 1. The summed E-state index contributed by atoms with van der Waals surface area (Å²) in [5.41, 5.74) is 1.17. The van der Waals surface area contributed by atoms with Gasteiger partial charge in [0.25, 0.3) is 0 Å². The Morgan fingerprint density at radius 3 is 2.60 bits per heavy atom. The van der Waals surface area contributed by atoms with Crippen LogP contribution in [0.5, 0.6) is 5.75 Å². The monoisotopic (exact) mass is 206 g/mol. The first-order chi connectivity index (χ1) is 7.29. The first kappa shape index (κ1) is 10.5. The summed E-state index contributed by atoms with van der Waals surface area (Å²) >= 11 is 0. The zero-order valence-electron chi connectivity index (χ0n) is 9.14. The van der Waals surface area contributed by atoms with Gasteiger partial charge in [0.05, 0.1) is 19.8 Å². The van der Waals surface area contributed by atoms with Crippen LogP contribution in [0.15, 0.2) is 24.3 Å². The number of rotatable bonds is 2. The van der Waals surface area contributed by atoms with Crippen LogP contribution in [-0.4, -0.2) is 26.3 Å². The highest BCUT2D eigenvalue weighted by atomic mass is 16.5. The van der Waals surface area contributed by atoms with E-state index in [-0.39, 0.29) is 6.10 Å². The molecule has 0 bridgehead atoms. The summed E-state index contributed by atoms with van der Waals surface area (Å²) in [6.45, 7) is 3.55. The van der Waals surface area contributed by atoms with Crippen molar-refractivity contribution in [3.8, 4) is 5.75 Å². The summed E-state index contributed by atoms with van der Waals surface area (Å²) in [4.78, 5) is 0. The fourth-order valence-electron chi connectivity index (χ4n) is 1.66. The molecule has 15 heavy (non-hydrogen) atoms. The summed E-state index contributed by atoms with van der Waals surface area (Å²) in [7, 11) is 1.67. The molecule has 1 aromatic rings. The Labute approximate surface area is 90.4 Å². The molecular formula is C12H16NO2. The van der Waals surface area contributed by atoms with Crippen LogP contribution in [0.2, 0.25) is 0 Å². The van der Waals surface area contributed by atoms with Gasteiger partial charge in [0.15, 0.2) is 0 Å². The Bertz CT molecular complexity index is 302. The van der Waals surface area contributed by atoms with Crippen LogP contribution in [0.4, 0.5) is 0 Å². The zero-order chi connectivity index (χ0) is 10.7. The van der Waals surface area contributed by atoms with Gasteiger partial charge in [-0.05, 0) is 24.6 Å². The highest BCUT2D eigenvalue weighted by Gasteiger charge is 2.20. The number of nitrogens with zero attached hydrogens (tertiary/aromatic N) is 1. The lowest BCUT2D eigenvalue weighted by Crippen LogP contribution is -2.35. The van der Waals surface area contributed by atoms with Crippen LogP contribution in [-0.2, 0) is 4.74 Å². The number of benzene rings is 1. The molecule has 3 heteroatoms. The molecule has 2 unspecified atom stereocenters. The molecule has 81 valence electrons. The highest BCUT2D eigenvalue weighted by Crippen LogP contribution is 2.22. The van der Waals surface area contributed by atoms with Gasteiger partial charge in [-0.25, -0.2) is 5.32 Å². The first-order valence-electron chi connectivity index (χ1n) is 5.22. The van der Waals surface area contributed by atoms with Crippen molar-refractivity contribution < 1.29 is 9.47 Å². The molecule has 1 aliphatic heterocycles. The summed E-state index contributed by atoms with van der Waals surface area (Å²) < 4.78 is 10.8. The molecule has 0 aromatic heterocycles. The smallest absolute Gasteiger partial charge is 0.118 e. The second kappa shape index (κ2) is 4.64. The lowest BCUT2D eigenvalue weighted by Gasteiger charge is -2.27. The Hall–Kier alpha value is -1.06. The van der Waals surface area contributed by atoms with Gasteiger partial charge < -0.3 is 9.47 Å². The molecular weight excluding hydrogens is 190 g/mol. The molecule has 2 rings (SSSR count). The third-order valence-electron chi connectivity index (χ3n) is 2.61. The van der Waals surface area contributed by atoms with E-state index in [1.807, 2.05) is 24.3 Å². The molecule has 0 N–H and O–H groups in total. The fourth-order valence-corrected chi connectivity index (χ4v) is 1.66. The number of hydrogen-bond acceptors (Lipinski definition) is 2. The van der Waals surface area contributed by atoms with Crippen molar-refractivity contribution in [3.05, 3.63) is 29.8 Å². The van der Waals surface area contributed by atoms with E-state index >= 15 is 0 Å². The van der Waals surface area contributed by atoms with E-state index in [1.54, 1.807) is 7.11 Å². The Balaban J connectivity index is 2.03. The van der Waals surface area contributed by atoms with Gasteiger partial charge in [-0.2, -0.15) is 0 Å². The van der Waals surface area contributed by atoms with Gasteiger partial charge in [-0.3, -0.25) is 0 Å². The van der Waals surface area contributed by atoms with Crippen LogP contribution in [0.25, 0.3) is 0 Å². The lowest BCUT2D eigenvalue weighted by molar-refractivity contribution is 0.00499. The average Bonchev–Trinajstić information content (AvgIpc) is 2.30. The minimum absolute atomic E-state index is 0.118. The van der Waals surface area contributed by atoms with Crippen molar-refractivity contribution in [1.82, 2.24) is 5.32 Å². The average molecular weight is 206 g/mol. The minimum Gasteiger partial charge on any atom is -0.497 e. The van der Waals surface area contributed by atoms with Gasteiger partial charge in [-0.15, -0.1) is 0 Å². The predicted molar refractivity (Wildman–Crippen MR) is 58.2 cm³/mol. The maximum Gasteiger partial charge on any atom is 0.118 e. The van der Waals surface area contributed by atoms with Gasteiger partial charge in [-0.1, -0.05) is 12.1 Å². The SMILES string of the molecule is COc1ccc(C2C[N]C(C)CO2)cc1. The van der Waals surface area contributed by atoms with Gasteiger partial charge >= 0.3 is 0 Å². The molecule has 0 saturated carbocycles. The quantitative estimate of drug-likeness (QED) is 0.738. The third kappa shape index (κ3) is 2.49. The summed E-state index contributed by atoms with van der Waals surface area (Å²) in [6, 6.07) is 8.32. The normalized spacial score (nSPS) is 26.3. The van der Waals surface area contributed by atoms with Crippen LogP contribution < -0.4 is 10.1 Å². The van der Waals surface area contributed by atoms with E-state index < -0.39 is 0 Å². The summed E-state index contributed by atoms with van der Waals surface area (Å²) in [5.74, 6) is 0.875. The molecule has 3 nitrogen and oxygen atoms in total. The van der Waals surface area contributed by atoms with Crippen molar-refractivity contribution in [2.24, 2.45) is 0 Å². The van der Waals surface area contributed by atoms with Crippen LogP contribution in [0, 0.1) is 0 Å². The van der Waals surface area contributed by atoms with Gasteiger partial charge in [0, 0.05) is 12.6 Å². The van der Waals surface area contributed by atoms with E-state index in [2.05, 4.69) is 12.2 Å². The second-order valence-electron chi connectivity index (χ2n) is 3.81.